The summed E-state index contributed by atoms with van der Waals surface area (Å²) in [4.78, 5) is 58.0. The minimum absolute atomic E-state index is 0.212. The number of rotatable bonds is 11. The number of methoxy groups -OCH3 is 1. The highest BCUT2D eigenvalue weighted by Crippen LogP contribution is 2.54. The minimum atomic E-state index is -1.20. The van der Waals surface area contributed by atoms with Crippen LogP contribution in [0.15, 0.2) is 59.5 Å². The molecule has 4 aliphatic rings. The molecule has 3 amide bonds. The van der Waals surface area contributed by atoms with E-state index in [2.05, 4.69) is 37.5 Å². The van der Waals surface area contributed by atoms with E-state index in [4.69, 9.17) is 9.84 Å². The molecule has 14 heteroatoms. The van der Waals surface area contributed by atoms with Crippen LogP contribution in [0.4, 0.5) is 5.69 Å². The predicted molar refractivity (Wildman–Crippen MR) is 232 cm³/mol. The number of aromatic nitrogens is 5. The molecular formula is C47H58N8O6. The molecule has 61 heavy (non-hydrogen) atoms. The molecule has 3 aromatic heterocycles. The number of hydrogen-bond donors (Lipinski definition) is 3. The summed E-state index contributed by atoms with van der Waals surface area (Å²) in [5.74, 6) is 0.662. The lowest BCUT2D eigenvalue weighted by Crippen LogP contribution is -2.48. The number of piperidine rings is 2. The summed E-state index contributed by atoms with van der Waals surface area (Å²) >= 11 is 0. The summed E-state index contributed by atoms with van der Waals surface area (Å²) in [7, 11) is 3.30. The summed E-state index contributed by atoms with van der Waals surface area (Å²) in [5.41, 5.74) is 4.01. The Hall–Kier alpha value is -5.34. The van der Waals surface area contributed by atoms with Gasteiger partial charge in [-0.25, -0.2) is 9.78 Å². The smallest absolute Gasteiger partial charge is 0.329 e. The molecule has 322 valence electrons. The molecule has 0 bridgehead atoms. The van der Waals surface area contributed by atoms with Crippen LogP contribution >= 0.6 is 0 Å². The number of carbonyl (C=O) groups is 3. The maximum Gasteiger partial charge on any atom is 0.329 e. The topological polar surface area (TPSA) is 166 Å². The molecule has 1 spiro atoms. The highest BCUT2D eigenvalue weighted by atomic mass is 16.5. The highest BCUT2D eigenvalue weighted by molar-refractivity contribution is 6.04. The van der Waals surface area contributed by atoms with Crippen LogP contribution in [0.1, 0.15) is 118 Å². The van der Waals surface area contributed by atoms with E-state index in [9.17, 15) is 24.3 Å². The number of para-hydroxylation sites is 1. The zero-order valence-electron chi connectivity index (χ0n) is 35.8. The largest absolute Gasteiger partial charge is 0.481 e. The van der Waals surface area contributed by atoms with Gasteiger partial charge in [-0.15, -0.1) is 0 Å². The van der Waals surface area contributed by atoms with Crippen molar-refractivity contribution in [1.29, 1.82) is 0 Å². The third-order valence-electron chi connectivity index (χ3n) is 14.3. The molecule has 3 N–H and O–H groups in total. The number of amides is 3. The van der Waals surface area contributed by atoms with Gasteiger partial charge in [0.25, 0.3) is 5.91 Å². The Morgan fingerprint density at radius 2 is 1.75 bits per heavy atom. The standard InChI is InChI=1S/C47H58N8O6/c1-46(2,60)34-24-36-32(23-37(34)49-43(57)35-8-6-10-41(48-35)61-4)28-54(51-36)33-15-12-29(13-16-33)27-53-21-19-47(20-22-53)25-30(26-47)11-14-31-7-5-9-38-42(31)52(3)45(59)55(38)39-17-18-40(56)50-44(39)58/h5-10,23-24,28-30,33,39,60H,11-22,25-27H2,1-4H3,(H,49,57)(H,50,56,58)/t29-,33-,39?. The van der Waals surface area contributed by atoms with Gasteiger partial charge in [0.1, 0.15) is 11.7 Å². The number of anilines is 1. The van der Waals surface area contributed by atoms with Crippen molar-refractivity contribution in [3.63, 3.8) is 0 Å². The van der Waals surface area contributed by atoms with Gasteiger partial charge in [0.15, 0.2) is 0 Å². The number of likely N-dealkylation sites (tertiary alicyclic amines) is 1. The van der Waals surface area contributed by atoms with Gasteiger partial charge in [-0.2, -0.15) is 5.10 Å². The van der Waals surface area contributed by atoms with Crippen molar-refractivity contribution < 1.29 is 24.2 Å². The quantitative estimate of drug-likeness (QED) is 0.128. The minimum Gasteiger partial charge on any atom is -0.481 e. The highest BCUT2D eigenvalue weighted by Gasteiger charge is 2.45. The second kappa shape index (κ2) is 16.2. The zero-order valence-corrected chi connectivity index (χ0v) is 35.8. The molecular weight excluding hydrogens is 773 g/mol. The molecule has 2 aromatic carbocycles. The third kappa shape index (κ3) is 8.12. The van der Waals surface area contributed by atoms with Crippen molar-refractivity contribution in [2.45, 2.75) is 109 Å². The van der Waals surface area contributed by atoms with Gasteiger partial charge >= 0.3 is 5.69 Å². The normalized spacial score (nSPS) is 22.4. The van der Waals surface area contributed by atoms with Gasteiger partial charge in [-0.05, 0) is 145 Å². The van der Waals surface area contributed by atoms with Crippen LogP contribution in [0, 0.1) is 17.3 Å². The van der Waals surface area contributed by atoms with Gasteiger partial charge < -0.3 is 20.1 Å². The number of nitrogens with one attached hydrogen (secondary N) is 2. The molecule has 5 heterocycles. The van der Waals surface area contributed by atoms with E-state index < -0.39 is 17.6 Å². The number of aryl methyl sites for hydroxylation is 2. The Balaban J connectivity index is 0.756. The lowest BCUT2D eigenvalue weighted by atomic mass is 9.56. The maximum absolute atomic E-state index is 13.4. The van der Waals surface area contributed by atoms with E-state index in [1.165, 1.54) is 58.7 Å². The fourth-order valence-corrected chi connectivity index (χ4v) is 11.0. The van der Waals surface area contributed by atoms with Crippen LogP contribution in [-0.2, 0) is 28.7 Å². The van der Waals surface area contributed by atoms with E-state index in [0.717, 1.165) is 59.7 Å². The molecule has 4 fully saturated rings. The lowest BCUT2D eigenvalue weighted by molar-refractivity contribution is -0.135. The summed E-state index contributed by atoms with van der Waals surface area (Å²) < 4.78 is 10.6. The number of hydrogen-bond acceptors (Lipinski definition) is 9. The molecule has 1 atom stereocenters. The summed E-state index contributed by atoms with van der Waals surface area (Å²) in [6.07, 6.45) is 14.2. The Morgan fingerprint density at radius 1 is 1.00 bits per heavy atom. The predicted octanol–water partition coefficient (Wildman–Crippen LogP) is 6.41. The van der Waals surface area contributed by atoms with Crippen molar-refractivity contribution >= 4 is 45.3 Å². The average molecular weight is 831 g/mol. The summed E-state index contributed by atoms with van der Waals surface area (Å²) in [5, 5.41) is 22.3. The summed E-state index contributed by atoms with van der Waals surface area (Å²) in [6, 6.07) is 14.5. The van der Waals surface area contributed by atoms with Crippen molar-refractivity contribution in [3.8, 4) is 5.88 Å². The van der Waals surface area contributed by atoms with Crippen molar-refractivity contribution in [2.75, 3.05) is 32.1 Å². The Kier molecular flexibility index (Phi) is 10.9. The number of nitrogens with zero attached hydrogens (tertiary/aromatic N) is 6. The van der Waals surface area contributed by atoms with Crippen molar-refractivity contribution in [1.82, 2.24) is 34.1 Å². The average Bonchev–Trinajstić information content (AvgIpc) is 3.77. The van der Waals surface area contributed by atoms with Gasteiger partial charge in [-0.3, -0.25) is 33.5 Å². The van der Waals surface area contributed by atoms with Crippen molar-refractivity contribution in [2.24, 2.45) is 24.3 Å². The van der Waals surface area contributed by atoms with Gasteiger partial charge in [0, 0.05) is 48.9 Å². The first-order chi connectivity index (χ1) is 29.3. The van der Waals surface area contributed by atoms with Crippen molar-refractivity contribution in [3.05, 3.63) is 82.0 Å². The first-order valence-electron chi connectivity index (χ1n) is 22.1. The molecule has 2 saturated heterocycles. The number of imide groups is 1. The van der Waals surface area contributed by atoms with E-state index in [-0.39, 0.29) is 29.6 Å². The summed E-state index contributed by atoms with van der Waals surface area (Å²) in [6.45, 7) is 6.92. The number of aliphatic hydroxyl groups is 1. The van der Waals surface area contributed by atoms with Crippen LogP contribution in [0.25, 0.3) is 21.9 Å². The molecule has 2 saturated carbocycles. The van der Waals surface area contributed by atoms with Crippen LogP contribution in [0.2, 0.25) is 0 Å². The molecule has 5 aromatic rings. The van der Waals surface area contributed by atoms with Gasteiger partial charge in [0.2, 0.25) is 17.7 Å². The number of benzene rings is 2. The Morgan fingerprint density at radius 3 is 2.48 bits per heavy atom. The Labute approximate surface area is 355 Å². The fourth-order valence-electron chi connectivity index (χ4n) is 11.0. The second-order valence-corrected chi connectivity index (χ2v) is 18.9. The van der Waals surface area contributed by atoms with E-state index >= 15 is 0 Å². The second-order valence-electron chi connectivity index (χ2n) is 18.9. The van der Waals surface area contributed by atoms with Gasteiger partial charge in [0.05, 0.1) is 35.3 Å². The number of fused-ring (bicyclic) bond motifs is 2. The van der Waals surface area contributed by atoms with E-state index in [1.54, 1.807) is 48.2 Å². The van der Waals surface area contributed by atoms with Crippen LogP contribution < -0.4 is 21.1 Å². The maximum atomic E-state index is 13.4. The number of imidazole rings is 1. The lowest BCUT2D eigenvalue weighted by Gasteiger charge is -2.53. The number of ether oxygens (including phenoxy) is 1. The van der Waals surface area contributed by atoms with Crippen LogP contribution in [-0.4, -0.2) is 78.4 Å². The van der Waals surface area contributed by atoms with E-state index in [0.29, 0.717) is 46.8 Å². The van der Waals surface area contributed by atoms with Gasteiger partial charge in [-0.1, -0.05) is 18.2 Å². The third-order valence-corrected chi connectivity index (χ3v) is 14.3. The monoisotopic (exact) mass is 830 g/mol. The SMILES string of the molecule is COc1cccc(C(=O)Nc2cc3cn([C@H]4CC[C@H](CN5CCC6(CC5)CC(CCc5cccc7c5n(C)c(=O)n7C5CCC(=O)NC5=O)C6)CC4)nc3cc2C(C)(C)O)n1. The molecule has 2 aliphatic heterocycles. The molecule has 1 unspecified atom stereocenters. The zero-order chi connectivity index (χ0) is 42.6. The number of pyridine rings is 1. The van der Waals surface area contributed by atoms with E-state index in [1.807, 2.05) is 24.3 Å². The first-order valence-corrected chi connectivity index (χ1v) is 22.1. The Bertz CT molecular complexity index is 2540. The van der Waals surface area contributed by atoms with Crippen LogP contribution in [0.5, 0.6) is 5.88 Å². The molecule has 9 rings (SSSR count). The molecule has 14 nitrogen and oxygen atoms in total. The number of carbonyl (C=O) groups excluding carboxylic acids is 3. The van der Waals surface area contributed by atoms with Crippen LogP contribution in [0.3, 0.4) is 0 Å². The molecule has 0 radical (unpaired) electrons. The fraction of sp³-hybridized carbons (Fsp3) is 0.532. The first kappa shape index (κ1) is 41.0. The molecule has 2 aliphatic carbocycles.